The zero-order chi connectivity index (χ0) is 24.2. The Morgan fingerprint density at radius 1 is 0.941 bits per heavy atom. The molecule has 0 saturated carbocycles. The van der Waals surface area contributed by atoms with E-state index < -0.39 is 29.3 Å². The van der Waals surface area contributed by atoms with Gasteiger partial charge < -0.3 is 9.64 Å². The lowest BCUT2D eigenvalue weighted by Gasteiger charge is -2.34. The highest BCUT2D eigenvalue weighted by atomic mass is 19.1. The van der Waals surface area contributed by atoms with E-state index in [0.717, 1.165) is 17.7 Å². The van der Waals surface area contributed by atoms with Crippen LogP contribution in [0.2, 0.25) is 0 Å². The molecule has 1 amide bonds. The average Bonchev–Trinajstić information content (AvgIpc) is 2.82. The molecule has 0 N–H and O–H groups in total. The maximum Gasteiger partial charge on any atom is 0.336 e. The lowest BCUT2D eigenvalue weighted by atomic mass is 9.83. The molecule has 4 rings (SSSR count). The Hall–Kier alpha value is -3.87. The number of ether oxygens (including phenoxy) is 1. The van der Waals surface area contributed by atoms with E-state index >= 15 is 0 Å². The summed E-state index contributed by atoms with van der Waals surface area (Å²) >= 11 is 0. The molecule has 3 aromatic carbocycles. The summed E-state index contributed by atoms with van der Waals surface area (Å²) < 4.78 is 47.0. The van der Waals surface area contributed by atoms with E-state index in [-0.39, 0.29) is 36.6 Å². The van der Waals surface area contributed by atoms with E-state index in [0.29, 0.717) is 11.3 Å². The fourth-order valence-electron chi connectivity index (χ4n) is 4.09. The van der Waals surface area contributed by atoms with Crippen molar-refractivity contribution in [2.45, 2.75) is 32.4 Å². The van der Waals surface area contributed by atoms with Gasteiger partial charge in [-0.15, -0.1) is 0 Å². The third kappa shape index (κ3) is 5.03. The van der Waals surface area contributed by atoms with Gasteiger partial charge in [0.1, 0.15) is 24.1 Å². The molecule has 0 aromatic heterocycles. The van der Waals surface area contributed by atoms with Crippen LogP contribution >= 0.6 is 0 Å². The molecular weight excluding hydrogens is 443 g/mol. The third-order valence-electron chi connectivity index (χ3n) is 5.85. The number of allylic oxidation sites excluding steroid dienone is 1. The number of halogens is 3. The fraction of sp³-hybridized carbons (Fsp3) is 0.185. The second-order valence-electron chi connectivity index (χ2n) is 8.09. The van der Waals surface area contributed by atoms with Crippen LogP contribution in [0.4, 0.5) is 13.2 Å². The molecule has 3 aromatic rings. The highest BCUT2D eigenvalue weighted by Crippen LogP contribution is 2.39. The van der Waals surface area contributed by atoms with Crippen molar-refractivity contribution in [1.29, 1.82) is 0 Å². The van der Waals surface area contributed by atoms with Gasteiger partial charge in [0.25, 0.3) is 0 Å². The summed E-state index contributed by atoms with van der Waals surface area (Å²) in [5.41, 5.74) is 1.92. The van der Waals surface area contributed by atoms with E-state index in [2.05, 4.69) is 0 Å². The van der Waals surface area contributed by atoms with Crippen LogP contribution in [-0.2, 0) is 27.5 Å². The molecule has 0 fully saturated rings. The molecule has 1 aliphatic rings. The van der Waals surface area contributed by atoms with Gasteiger partial charge in [0.05, 0.1) is 12.1 Å². The van der Waals surface area contributed by atoms with Crippen molar-refractivity contribution in [3.05, 3.63) is 118 Å². The number of nitrogens with zero attached hydrogens (tertiary/aromatic N) is 1. The van der Waals surface area contributed by atoms with E-state index in [1.807, 2.05) is 18.2 Å². The topological polar surface area (TPSA) is 46.6 Å². The number of carbonyl (C=O) groups excluding carboxylic acids is 2. The SMILES string of the molecule is CC1=C(C(=O)OCc2ccccc2)[C@@H](c2ccc(F)cc2F)CC(=O)N1Cc1ccc(F)cc1. The maximum absolute atomic E-state index is 14.7. The second kappa shape index (κ2) is 9.95. The minimum atomic E-state index is -0.930. The highest BCUT2D eigenvalue weighted by Gasteiger charge is 2.38. The lowest BCUT2D eigenvalue weighted by Crippen LogP contribution is -2.38. The van der Waals surface area contributed by atoms with Crippen LogP contribution in [0, 0.1) is 17.5 Å². The van der Waals surface area contributed by atoms with E-state index in [1.165, 1.54) is 23.1 Å². The molecule has 34 heavy (non-hydrogen) atoms. The summed E-state index contributed by atoms with van der Waals surface area (Å²) in [6.07, 6.45) is -0.198. The Morgan fingerprint density at radius 3 is 2.29 bits per heavy atom. The zero-order valence-corrected chi connectivity index (χ0v) is 18.4. The third-order valence-corrected chi connectivity index (χ3v) is 5.85. The number of hydrogen-bond acceptors (Lipinski definition) is 3. The van der Waals surface area contributed by atoms with Crippen molar-refractivity contribution in [3.8, 4) is 0 Å². The molecule has 0 radical (unpaired) electrons. The Balaban J connectivity index is 1.70. The molecule has 0 bridgehead atoms. The molecule has 0 saturated heterocycles. The van der Waals surface area contributed by atoms with Crippen LogP contribution in [0.1, 0.15) is 36.0 Å². The van der Waals surface area contributed by atoms with Crippen molar-refractivity contribution < 1.29 is 27.5 Å². The number of carbonyl (C=O) groups is 2. The normalized spacial score (nSPS) is 16.1. The second-order valence-corrected chi connectivity index (χ2v) is 8.09. The monoisotopic (exact) mass is 465 g/mol. The summed E-state index contributed by atoms with van der Waals surface area (Å²) in [7, 11) is 0. The van der Waals surface area contributed by atoms with Gasteiger partial charge in [0.15, 0.2) is 0 Å². The fourth-order valence-corrected chi connectivity index (χ4v) is 4.09. The minimum Gasteiger partial charge on any atom is -0.457 e. The zero-order valence-electron chi connectivity index (χ0n) is 18.4. The summed E-state index contributed by atoms with van der Waals surface area (Å²) in [4.78, 5) is 27.7. The molecule has 7 heteroatoms. The van der Waals surface area contributed by atoms with Crippen LogP contribution in [0.3, 0.4) is 0 Å². The smallest absolute Gasteiger partial charge is 0.336 e. The minimum absolute atomic E-state index is 0.000974. The van der Waals surface area contributed by atoms with Gasteiger partial charge in [-0.25, -0.2) is 18.0 Å². The predicted molar refractivity (Wildman–Crippen MR) is 120 cm³/mol. The van der Waals surface area contributed by atoms with Crippen LogP contribution in [0.5, 0.6) is 0 Å². The van der Waals surface area contributed by atoms with Gasteiger partial charge in [-0.05, 0) is 41.8 Å². The number of hydrogen-bond donors (Lipinski definition) is 0. The number of amides is 1. The quantitative estimate of drug-likeness (QED) is 0.443. The highest BCUT2D eigenvalue weighted by molar-refractivity contribution is 5.95. The van der Waals surface area contributed by atoms with Crippen LogP contribution in [-0.4, -0.2) is 16.8 Å². The molecule has 0 unspecified atom stereocenters. The van der Waals surface area contributed by atoms with Crippen LogP contribution in [0.25, 0.3) is 0 Å². The van der Waals surface area contributed by atoms with Crippen molar-refractivity contribution in [2.75, 3.05) is 0 Å². The molecule has 0 aliphatic carbocycles. The number of rotatable bonds is 6. The first-order chi connectivity index (χ1) is 16.3. The van der Waals surface area contributed by atoms with Crippen molar-refractivity contribution in [3.63, 3.8) is 0 Å². The van der Waals surface area contributed by atoms with E-state index in [9.17, 15) is 22.8 Å². The van der Waals surface area contributed by atoms with Crippen molar-refractivity contribution in [1.82, 2.24) is 4.90 Å². The lowest BCUT2D eigenvalue weighted by molar-refractivity contribution is -0.141. The Bertz CT molecular complexity index is 1240. The Morgan fingerprint density at radius 2 is 1.62 bits per heavy atom. The van der Waals surface area contributed by atoms with Crippen molar-refractivity contribution >= 4 is 11.9 Å². The summed E-state index contributed by atoms with van der Waals surface area (Å²) in [6.45, 7) is 1.70. The predicted octanol–water partition coefficient (Wildman–Crippen LogP) is 5.64. The largest absolute Gasteiger partial charge is 0.457 e. The van der Waals surface area contributed by atoms with Gasteiger partial charge >= 0.3 is 5.97 Å². The van der Waals surface area contributed by atoms with Gasteiger partial charge in [-0.2, -0.15) is 0 Å². The number of esters is 1. The van der Waals surface area contributed by atoms with Crippen LogP contribution < -0.4 is 0 Å². The standard InChI is InChI=1S/C27H22F3NO3/c1-17-26(27(33)34-16-19-5-3-2-4-6-19)23(22-12-11-21(29)13-24(22)30)14-25(32)31(17)15-18-7-9-20(28)10-8-18/h2-13,23H,14-16H2,1H3/t23-/m1/s1. The summed E-state index contributed by atoms with van der Waals surface area (Å²) in [5.74, 6) is -3.96. The molecule has 0 spiro atoms. The first-order valence-electron chi connectivity index (χ1n) is 10.7. The molecule has 1 aliphatic heterocycles. The van der Waals surface area contributed by atoms with Crippen molar-refractivity contribution in [2.24, 2.45) is 0 Å². The Kier molecular flexibility index (Phi) is 6.82. The van der Waals surface area contributed by atoms with Gasteiger partial charge in [0, 0.05) is 24.1 Å². The molecular formula is C27H22F3NO3. The first kappa shape index (κ1) is 23.3. The van der Waals surface area contributed by atoms with Crippen LogP contribution in [0.15, 0.2) is 84.1 Å². The molecule has 174 valence electrons. The van der Waals surface area contributed by atoms with E-state index in [4.69, 9.17) is 4.74 Å². The first-order valence-corrected chi connectivity index (χ1v) is 10.7. The molecule has 1 atom stereocenters. The average molecular weight is 465 g/mol. The van der Waals surface area contributed by atoms with Gasteiger partial charge in [-0.3, -0.25) is 4.79 Å². The molecule has 4 nitrogen and oxygen atoms in total. The van der Waals surface area contributed by atoms with Gasteiger partial charge in [-0.1, -0.05) is 48.5 Å². The Labute approximate surface area is 195 Å². The van der Waals surface area contributed by atoms with Gasteiger partial charge in [0.2, 0.25) is 5.91 Å². The summed E-state index contributed by atoms with van der Waals surface area (Å²) in [5, 5.41) is 0. The maximum atomic E-state index is 14.7. The number of benzene rings is 3. The summed E-state index contributed by atoms with van der Waals surface area (Å²) in [6, 6.07) is 17.8. The molecule has 1 heterocycles. The van der Waals surface area contributed by atoms with E-state index in [1.54, 1.807) is 31.2 Å².